The standard InChI is InChI=1S/C18H23BN2O2/c1-17(2)18(3,4)23-19(22-17)15-7-5-13(6-8-15)14-11-20-21(12-14)16-9-10-16/h5-8,11-12,16H,9-10H2,1-4H3. The van der Waals surface area contributed by atoms with Crippen molar-refractivity contribution in [3.63, 3.8) is 0 Å². The second-order valence-electron chi connectivity index (χ2n) is 7.65. The van der Waals surface area contributed by atoms with Crippen molar-refractivity contribution in [3.8, 4) is 11.1 Å². The molecule has 120 valence electrons. The summed E-state index contributed by atoms with van der Waals surface area (Å²) in [5, 5.41) is 4.46. The summed E-state index contributed by atoms with van der Waals surface area (Å²) in [7, 11) is -0.303. The third kappa shape index (κ3) is 2.62. The highest BCUT2D eigenvalue weighted by atomic mass is 16.7. The maximum Gasteiger partial charge on any atom is 0.494 e. The maximum atomic E-state index is 6.10. The molecule has 1 aromatic carbocycles. The number of nitrogens with zero attached hydrogens (tertiary/aromatic N) is 2. The molecule has 0 atom stereocenters. The largest absolute Gasteiger partial charge is 0.494 e. The van der Waals surface area contributed by atoms with Gasteiger partial charge in [0.2, 0.25) is 0 Å². The van der Waals surface area contributed by atoms with Crippen LogP contribution in [0.3, 0.4) is 0 Å². The molecule has 2 fully saturated rings. The van der Waals surface area contributed by atoms with Gasteiger partial charge in [-0.25, -0.2) is 0 Å². The molecule has 4 rings (SSSR count). The van der Waals surface area contributed by atoms with Crippen molar-refractivity contribution in [1.82, 2.24) is 9.78 Å². The minimum Gasteiger partial charge on any atom is -0.399 e. The summed E-state index contributed by atoms with van der Waals surface area (Å²) >= 11 is 0. The first kappa shape index (κ1) is 15.0. The highest BCUT2D eigenvalue weighted by Gasteiger charge is 2.51. The summed E-state index contributed by atoms with van der Waals surface area (Å²) in [4.78, 5) is 0. The van der Waals surface area contributed by atoms with Gasteiger partial charge < -0.3 is 9.31 Å². The van der Waals surface area contributed by atoms with E-state index in [2.05, 4.69) is 67.9 Å². The predicted octanol–water partition coefficient (Wildman–Crippen LogP) is 3.18. The summed E-state index contributed by atoms with van der Waals surface area (Å²) in [6, 6.07) is 9.04. The van der Waals surface area contributed by atoms with Crippen LogP contribution < -0.4 is 5.46 Å². The van der Waals surface area contributed by atoms with Crippen molar-refractivity contribution in [2.75, 3.05) is 0 Å². The second kappa shape index (κ2) is 4.95. The van der Waals surface area contributed by atoms with E-state index in [0.717, 1.165) is 11.0 Å². The molecular weight excluding hydrogens is 287 g/mol. The summed E-state index contributed by atoms with van der Waals surface area (Å²) in [6.07, 6.45) is 6.59. The first-order valence-corrected chi connectivity index (χ1v) is 8.36. The minimum atomic E-state index is -0.304. The fourth-order valence-electron chi connectivity index (χ4n) is 2.84. The first-order valence-electron chi connectivity index (χ1n) is 8.36. The van der Waals surface area contributed by atoms with Crippen LogP contribution in [-0.4, -0.2) is 28.1 Å². The molecule has 1 saturated carbocycles. The zero-order valence-corrected chi connectivity index (χ0v) is 14.2. The molecule has 0 N–H and O–H groups in total. The molecule has 2 aliphatic rings. The van der Waals surface area contributed by atoms with Crippen LogP contribution >= 0.6 is 0 Å². The number of hydrogen-bond donors (Lipinski definition) is 0. The molecule has 0 bridgehead atoms. The monoisotopic (exact) mass is 310 g/mol. The Labute approximate surface area is 137 Å². The van der Waals surface area contributed by atoms with Gasteiger partial charge >= 0.3 is 7.12 Å². The van der Waals surface area contributed by atoms with Crippen LogP contribution in [-0.2, 0) is 9.31 Å². The highest BCUT2D eigenvalue weighted by Crippen LogP contribution is 2.37. The van der Waals surface area contributed by atoms with Crippen LogP contribution in [0.4, 0.5) is 0 Å². The van der Waals surface area contributed by atoms with Crippen LogP contribution in [0.15, 0.2) is 36.7 Å². The molecule has 4 nitrogen and oxygen atoms in total. The molecule has 0 unspecified atom stereocenters. The quantitative estimate of drug-likeness (QED) is 0.817. The average Bonchev–Trinajstić information content (AvgIpc) is 3.18. The Balaban J connectivity index is 1.54. The third-order valence-electron chi connectivity index (χ3n) is 5.29. The van der Waals surface area contributed by atoms with E-state index < -0.39 is 0 Å². The van der Waals surface area contributed by atoms with Gasteiger partial charge in [-0.2, -0.15) is 5.10 Å². The van der Waals surface area contributed by atoms with Gasteiger partial charge in [-0.15, -0.1) is 0 Å². The van der Waals surface area contributed by atoms with E-state index in [4.69, 9.17) is 9.31 Å². The number of aromatic nitrogens is 2. The van der Waals surface area contributed by atoms with E-state index in [-0.39, 0.29) is 18.3 Å². The predicted molar refractivity (Wildman–Crippen MR) is 91.7 cm³/mol. The lowest BCUT2D eigenvalue weighted by Gasteiger charge is -2.32. The highest BCUT2D eigenvalue weighted by molar-refractivity contribution is 6.62. The van der Waals surface area contributed by atoms with Crippen molar-refractivity contribution in [2.24, 2.45) is 0 Å². The molecule has 1 aromatic heterocycles. The Morgan fingerprint density at radius 1 is 1.00 bits per heavy atom. The number of hydrogen-bond acceptors (Lipinski definition) is 3. The van der Waals surface area contributed by atoms with E-state index in [1.807, 2.05) is 6.20 Å². The minimum absolute atomic E-state index is 0.303. The average molecular weight is 310 g/mol. The lowest BCUT2D eigenvalue weighted by Crippen LogP contribution is -2.41. The molecule has 5 heteroatoms. The SMILES string of the molecule is CC1(C)OB(c2ccc(-c3cnn(C4CC4)c3)cc2)OC1(C)C. The zero-order chi connectivity index (χ0) is 16.2. The van der Waals surface area contributed by atoms with Crippen molar-refractivity contribution in [3.05, 3.63) is 36.7 Å². The van der Waals surface area contributed by atoms with Crippen LogP contribution in [0.1, 0.15) is 46.6 Å². The normalized spacial score (nSPS) is 22.5. The lowest BCUT2D eigenvalue weighted by molar-refractivity contribution is 0.00578. The maximum absolute atomic E-state index is 6.10. The molecule has 2 aromatic rings. The van der Waals surface area contributed by atoms with Crippen molar-refractivity contribution in [2.45, 2.75) is 57.8 Å². The van der Waals surface area contributed by atoms with E-state index in [1.165, 1.54) is 18.4 Å². The smallest absolute Gasteiger partial charge is 0.399 e. The Kier molecular flexibility index (Phi) is 3.22. The van der Waals surface area contributed by atoms with Gasteiger partial charge in [0.25, 0.3) is 0 Å². The summed E-state index contributed by atoms with van der Waals surface area (Å²) < 4.78 is 14.3. The third-order valence-corrected chi connectivity index (χ3v) is 5.29. The van der Waals surface area contributed by atoms with Gasteiger partial charge in [-0.3, -0.25) is 4.68 Å². The van der Waals surface area contributed by atoms with Gasteiger partial charge in [0.05, 0.1) is 23.4 Å². The summed E-state index contributed by atoms with van der Waals surface area (Å²) in [5.74, 6) is 0. The fourth-order valence-corrected chi connectivity index (χ4v) is 2.84. The molecule has 0 radical (unpaired) electrons. The Bertz CT molecular complexity index is 701. The summed E-state index contributed by atoms with van der Waals surface area (Å²) in [5.41, 5.74) is 2.79. The molecule has 0 amide bonds. The lowest BCUT2D eigenvalue weighted by atomic mass is 9.78. The van der Waals surface area contributed by atoms with Gasteiger partial charge in [0, 0.05) is 11.8 Å². The van der Waals surface area contributed by atoms with E-state index in [0.29, 0.717) is 6.04 Å². The Morgan fingerprint density at radius 3 is 2.17 bits per heavy atom. The molecule has 1 saturated heterocycles. The molecule has 1 aliphatic carbocycles. The van der Waals surface area contributed by atoms with Gasteiger partial charge in [0.15, 0.2) is 0 Å². The Hall–Kier alpha value is -1.59. The topological polar surface area (TPSA) is 36.3 Å². The van der Waals surface area contributed by atoms with Gasteiger partial charge in [-0.1, -0.05) is 24.3 Å². The fraction of sp³-hybridized carbons (Fsp3) is 0.500. The van der Waals surface area contributed by atoms with Gasteiger partial charge in [0.1, 0.15) is 0 Å². The number of rotatable bonds is 3. The van der Waals surface area contributed by atoms with Crippen LogP contribution in [0.5, 0.6) is 0 Å². The Morgan fingerprint density at radius 2 is 1.61 bits per heavy atom. The molecular formula is C18H23BN2O2. The van der Waals surface area contributed by atoms with Gasteiger partial charge in [-0.05, 0) is 51.6 Å². The summed E-state index contributed by atoms with van der Waals surface area (Å²) in [6.45, 7) is 8.31. The van der Waals surface area contributed by atoms with Crippen molar-refractivity contribution < 1.29 is 9.31 Å². The first-order chi connectivity index (χ1) is 10.9. The second-order valence-corrected chi connectivity index (χ2v) is 7.65. The zero-order valence-electron chi connectivity index (χ0n) is 14.2. The van der Waals surface area contributed by atoms with Crippen LogP contribution in [0.2, 0.25) is 0 Å². The molecule has 1 aliphatic heterocycles. The molecule has 2 heterocycles. The van der Waals surface area contributed by atoms with E-state index in [1.54, 1.807) is 0 Å². The van der Waals surface area contributed by atoms with E-state index in [9.17, 15) is 0 Å². The number of benzene rings is 1. The molecule has 0 spiro atoms. The molecule has 23 heavy (non-hydrogen) atoms. The van der Waals surface area contributed by atoms with Crippen molar-refractivity contribution in [1.29, 1.82) is 0 Å². The van der Waals surface area contributed by atoms with E-state index >= 15 is 0 Å². The van der Waals surface area contributed by atoms with Crippen LogP contribution in [0, 0.1) is 0 Å². The van der Waals surface area contributed by atoms with Crippen molar-refractivity contribution >= 4 is 12.6 Å². The van der Waals surface area contributed by atoms with Crippen LogP contribution in [0.25, 0.3) is 11.1 Å².